The molecule has 0 fully saturated rings. The minimum absolute atomic E-state index is 0.0624. The molecule has 1 aromatic rings. The first-order chi connectivity index (χ1) is 6.56. The van der Waals surface area contributed by atoms with Crippen LogP contribution in [0.4, 0.5) is 0 Å². The summed E-state index contributed by atoms with van der Waals surface area (Å²) in [6.45, 7) is 6.63. The van der Waals surface area contributed by atoms with Crippen LogP contribution in [-0.2, 0) is 7.05 Å². The molecule has 1 heterocycles. The van der Waals surface area contributed by atoms with Gasteiger partial charge in [0.2, 0.25) is 5.56 Å². The second kappa shape index (κ2) is 4.45. The standard InChI is InChI=1S/C12H19NO/c1-5-11(9(2)3)10-6-7-12(14)13(4)8-10/h6-9,11H,5H2,1-4H3. The Morgan fingerprint density at radius 1 is 1.36 bits per heavy atom. The van der Waals surface area contributed by atoms with Gasteiger partial charge in [0.25, 0.3) is 0 Å². The second-order valence-electron chi connectivity index (χ2n) is 4.17. The van der Waals surface area contributed by atoms with Crippen molar-refractivity contribution in [3.63, 3.8) is 0 Å². The molecule has 0 aliphatic rings. The molecule has 0 saturated carbocycles. The third-order valence-electron chi connectivity index (χ3n) is 2.78. The molecule has 78 valence electrons. The van der Waals surface area contributed by atoms with E-state index in [9.17, 15) is 4.79 Å². The van der Waals surface area contributed by atoms with E-state index in [0.717, 1.165) is 6.42 Å². The van der Waals surface area contributed by atoms with Gasteiger partial charge in [-0.1, -0.05) is 26.8 Å². The molecule has 1 rings (SSSR count). The quantitative estimate of drug-likeness (QED) is 0.723. The van der Waals surface area contributed by atoms with Crippen LogP contribution in [0, 0.1) is 5.92 Å². The minimum Gasteiger partial charge on any atom is -0.318 e. The molecule has 0 bridgehead atoms. The first kappa shape index (κ1) is 11.0. The summed E-state index contributed by atoms with van der Waals surface area (Å²) in [5.41, 5.74) is 1.33. The average molecular weight is 193 g/mol. The molecule has 1 unspecified atom stereocenters. The van der Waals surface area contributed by atoms with E-state index in [4.69, 9.17) is 0 Å². The molecule has 0 amide bonds. The maximum absolute atomic E-state index is 11.2. The van der Waals surface area contributed by atoms with Gasteiger partial charge in [0, 0.05) is 19.3 Å². The molecule has 0 radical (unpaired) electrons. The van der Waals surface area contributed by atoms with E-state index < -0.39 is 0 Å². The molecule has 0 aliphatic heterocycles. The highest BCUT2D eigenvalue weighted by Crippen LogP contribution is 2.26. The van der Waals surface area contributed by atoms with Gasteiger partial charge in [0.1, 0.15) is 0 Å². The van der Waals surface area contributed by atoms with Crippen molar-refractivity contribution in [1.82, 2.24) is 4.57 Å². The van der Waals surface area contributed by atoms with Gasteiger partial charge in [0.15, 0.2) is 0 Å². The lowest BCUT2D eigenvalue weighted by atomic mass is 9.87. The van der Waals surface area contributed by atoms with Crippen LogP contribution < -0.4 is 5.56 Å². The summed E-state index contributed by atoms with van der Waals surface area (Å²) < 4.78 is 1.65. The van der Waals surface area contributed by atoms with Gasteiger partial charge in [-0.3, -0.25) is 4.79 Å². The average Bonchev–Trinajstić information content (AvgIpc) is 2.11. The third-order valence-corrected chi connectivity index (χ3v) is 2.78. The van der Waals surface area contributed by atoms with E-state index in [1.807, 2.05) is 12.3 Å². The fourth-order valence-corrected chi connectivity index (χ4v) is 1.93. The number of aromatic nitrogens is 1. The number of rotatable bonds is 3. The third kappa shape index (κ3) is 2.25. The van der Waals surface area contributed by atoms with E-state index in [-0.39, 0.29) is 5.56 Å². The summed E-state index contributed by atoms with van der Waals surface area (Å²) in [5.74, 6) is 1.18. The zero-order chi connectivity index (χ0) is 10.7. The molecular formula is C12H19NO. The smallest absolute Gasteiger partial charge is 0.250 e. The van der Waals surface area contributed by atoms with Crippen molar-refractivity contribution in [3.8, 4) is 0 Å². The van der Waals surface area contributed by atoms with Crippen LogP contribution >= 0.6 is 0 Å². The molecule has 0 saturated heterocycles. The second-order valence-corrected chi connectivity index (χ2v) is 4.17. The molecule has 14 heavy (non-hydrogen) atoms. The summed E-state index contributed by atoms with van der Waals surface area (Å²) >= 11 is 0. The molecule has 0 aromatic carbocycles. The predicted octanol–water partition coefficient (Wildman–Crippen LogP) is 2.53. The Hall–Kier alpha value is -1.05. The topological polar surface area (TPSA) is 22.0 Å². The van der Waals surface area contributed by atoms with Crippen molar-refractivity contribution in [3.05, 3.63) is 34.2 Å². The van der Waals surface area contributed by atoms with E-state index in [1.165, 1.54) is 5.56 Å². The van der Waals surface area contributed by atoms with Gasteiger partial charge in [-0.15, -0.1) is 0 Å². The lowest BCUT2D eigenvalue weighted by Crippen LogP contribution is -2.17. The molecule has 1 aromatic heterocycles. The Morgan fingerprint density at radius 3 is 2.43 bits per heavy atom. The lowest BCUT2D eigenvalue weighted by Gasteiger charge is -2.19. The molecular weight excluding hydrogens is 174 g/mol. The monoisotopic (exact) mass is 193 g/mol. The first-order valence-electron chi connectivity index (χ1n) is 5.22. The Bertz CT molecular complexity index is 352. The van der Waals surface area contributed by atoms with Gasteiger partial charge in [0.05, 0.1) is 0 Å². The lowest BCUT2D eigenvalue weighted by molar-refractivity contribution is 0.482. The van der Waals surface area contributed by atoms with Crippen molar-refractivity contribution >= 4 is 0 Å². The van der Waals surface area contributed by atoms with Crippen molar-refractivity contribution in [1.29, 1.82) is 0 Å². The Morgan fingerprint density at radius 2 is 2.00 bits per heavy atom. The Labute approximate surface area is 85.6 Å². The summed E-state index contributed by atoms with van der Waals surface area (Å²) in [6, 6.07) is 3.61. The highest BCUT2D eigenvalue weighted by atomic mass is 16.1. The van der Waals surface area contributed by atoms with Crippen molar-refractivity contribution < 1.29 is 0 Å². The van der Waals surface area contributed by atoms with Gasteiger partial charge in [-0.05, 0) is 23.8 Å². The van der Waals surface area contributed by atoms with Crippen LogP contribution in [0.3, 0.4) is 0 Å². The number of pyridine rings is 1. The zero-order valence-corrected chi connectivity index (χ0v) is 9.45. The molecule has 1 atom stereocenters. The van der Waals surface area contributed by atoms with E-state index in [2.05, 4.69) is 20.8 Å². The summed E-state index contributed by atoms with van der Waals surface area (Å²) in [4.78, 5) is 11.2. The van der Waals surface area contributed by atoms with Crippen LogP contribution in [-0.4, -0.2) is 4.57 Å². The largest absolute Gasteiger partial charge is 0.318 e. The highest BCUT2D eigenvalue weighted by Gasteiger charge is 2.13. The van der Waals surface area contributed by atoms with Gasteiger partial charge >= 0.3 is 0 Å². The van der Waals surface area contributed by atoms with Crippen LogP contribution in [0.2, 0.25) is 0 Å². The number of hydrogen-bond donors (Lipinski definition) is 0. The highest BCUT2D eigenvalue weighted by molar-refractivity contribution is 5.16. The number of aryl methyl sites for hydroxylation is 1. The molecule has 0 N–H and O–H groups in total. The fourth-order valence-electron chi connectivity index (χ4n) is 1.93. The van der Waals surface area contributed by atoms with E-state index in [1.54, 1.807) is 17.7 Å². The first-order valence-corrected chi connectivity index (χ1v) is 5.22. The van der Waals surface area contributed by atoms with Gasteiger partial charge in [-0.25, -0.2) is 0 Å². The van der Waals surface area contributed by atoms with Crippen LogP contribution in [0.25, 0.3) is 0 Å². The van der Waals surface area contributed by atoms with Gasteiger partial charge < -0.3 is 4.57 Å². The van der Waals surface area contributed by atoms with Crippen LogP contribution in [0.1, 0.15) is 38.7 Å². The van der Waals surface area contributed by atoms with Crippen molar-refractivity contribution in [2.45, 2.75) is 33.1 Å². The minimum atomic E-state index is 0.0624. The van der Waals surface area contributed by atoms with Gasteiger partial charge in [-0.2, -0.15) is 0 Å². The number of nitrogens with zero attached hydrogens (tertiary/aromatic N) is 1. The Kier molecular flexibility index (Phi) is 3.50. The summed E-state index contributed by atoms with van der Waals surface area (Å²) in [5, 5.41) is 0. The SMILES string of the molecule is CCC(c1ccc(=O)n(C)c1)C(C)C. The van der Waals surface area contributed by atoms with Crippen molar-refractivity contribution in [2.75, 3.05) is 0 Å². The zero-order valence-electron chi connectivity index (χ0n) is 9.45. The molecule has 2 heteroatoms. The molecule has 2 nitrogen and oxygen atoms in total. The van der Waals surface area contributed by atoms with E-state index in [0.29, 0.717) is 11.8 Å². The van der Waals surface area contributed by atoms with Crippen LogP contribution in [0.15, 0.2) is 23.1 Å². The van der Waals surface area contributed by atoms with Crippen LogP contribution in [0.5, 0.6) is 0 Å². The maximum Gasteiger partial charge on any atom is 0.250 e. The van der Waals surface area contributed by atoms with Crippen molar-refractivity contribution in [2.24, 2.45) is 13.0 Å². The molecule has 0 aliphatic carbocycles. The fraction of sp³-hybridized carbons (Fsp3) is 0.583. The summed E-state index contributed by atoms with van der Waals surface area (Å²) in [6.07, 6.45) is 3.08. The molecule has 0 spiro atoms. The maximum atomic E-state index is 11.2. The van der Waals surface area contributed by atoms with E-state index >= 15 is 0 Å². The predicted molar refractivity (Wildman–Crippen MR) is 59.6 cm³/mol. The summed E-state index contributed by atoms with van der Waals surface area (Å²) in [7, 11) is 1.80. The number of hydrogen-bond acceptors (Lipinski definition) is 1. The Balaban J connectivity index is 3.06. The normalized spacial score (nSPS) is 13.2.